The quantitative estimate of drug-likeness (QED) is 0.561. The molecule has 118 valence electrons. The van der Waals surface area contributed by atoms with Crippen LogP contribution in [0.3, 0.4) is 0 Å². The molecule has 2 unspecified atom stereocenters. The molecule has 1 aromatic carbocycles. The molecule has 1 saturated carbocycles. The van der Waals surface area contributed by atoms with Gasteiger partial charge in [0.15, 0.2) is 11.6 Å². The van der Waals surface area contributed by atoms with Crippen molar-refractivity contribution in [3.8, 4) is 0 Å². The molecule has 1 fully saturated rings. The van der Waals surface area contributed by atoms with E-state index in [2.05, 4.69) is 26.1 Å². The van der Waals surface area contributed by atoms with Crippen LogP contribution in [0.1, 0.15) is 52.9 Å². The van der Waals surface area contributed by atoms with Crippen LogP contribution in [-0.2, 0) is 0 Å². The first-order valence-corrected chi connectivity index (χ1v) is 7.68. The summed E-state index contributed by atoms with van der Waals surface area (Å²) in [6, 6.07) is 1.68. The summed E-state index contributed by atoms with van der Waals surface area (Å²) < 4.78 is 40.2. The molecule has 1 nitrogen and oxygen atoms in total. The van der Waals surface area contributed by atoms with Crippen LogP contribution in [0.25, 0.3) is 0 Å². The van der Waals surface area contributed by atoms with Gasteiger partial charge in [0, 0.05) is 18.2 Å². The monoisotopic (exact) mass is 299 g/mol. The SMILES string of the molecule is CC(C)(C)C1CCCC(Nc2cc(F)cc(F)c2F)CC1. The molecule has 0 bridgehead atoms. The van der Waals surface area contributed by atoms with Crippen molar-refractivity contribution < 1.29 is 13.2 Å². The average molecular weight is 299 g/mol. The lowest BCUT2D eigenvalue weighted by atomic mass is 9.76. The number of rotatable bonds is 2. The molecule has 0 aliphatic heterocycles. The van der Waals surface area contributed by atoms with E-state index in [1.807, 2.05) is 0 Å². The molecule has 1 aliphatic rings. The predicted octanol–water partition coefficient (Wildman–Crippen LogP) is 5.51. The van der Waals surface area contributed by atoms with Crippen molar-refractivity contribution in [3.63, 3.8) is 0 Å². The maximum atomic E-state index is 13.7. The van der Waals surface area contributed by atoms with Crippen LogP contribution in [0.5, 0.6) is 0 Å². The van der Waals surface area contributed by atoms with Crippen LogP contribution in [0.4, 0.5) is 18.9 Å². The van der Waals surface area contributed by atoms with E-state index in [0.717, 1.165) is 38.2 Å². The smallest absolute Gasteiger partial charge is 0.182 e. The molecule has 0 radical (unpaired) electrons. The van der Waals surface area contributed by atoms with Gasteiger partial charge >= 0.3 is 0 Å². The summed E-state index contributed by atoms with van der Waals surface area (Å²) in [7, 11) is 0. The average Bonchev–Trinajstić information content (AvgIpc) is 2.60. The second-order valence-corrected chi connectivity index (χ2v) is 7.16. The first-order valence-electron chi connectivity index (χ1n) is 7.68. The molecule has 4 heteroatoms. The zero-order chi connectivity index (χ0) is 15.6. The third kappa shape index (κ3) is 4.14. The van der Waals surface area contributed by atoms with E-state index in [1.54, 1.807) is 0 Å². The van der Waals surface area contributed by atoms with E-state index in [1.165, 1.54) is 0 Å². The lowest BCUT2D eigenvalue weighted by Crippen LogP contribution is -2.22. The van der Waals surface area contributed by atoms with Gasteiger partial charge < -0.3 is 5.32 Å². The van der Waals surface area contributed by atoms with Gasteiger partial charge in [-0.05, 0) is 37.0 Å². The Balaban J connectivity index is 2.04. The minimum Gasteiger partial charge on any atom is -0.380 e. The summed E-state index contributed by atoms with van der Waals surface area (Å²) in [4.78, 5) is 0. The number of anilines is 1. The normalized spacial score (nSPS) is 23.7. The third-order valence-electron chi connectivity index (χ3n) is 4.55. The van der Waals surface area contributed by atoms with E-state index in [0.29, 0.717) is 12.0 Å². The zero-order valence-electron chi connectivity index (χ0n) is 13.0. The molecule has 2 atom stereocenters. The summed E-state index contributed by atoms with van der Waals surface area (Å²) in [6.07, 6.45) is 5.07. The van der Waals surface area contributed by atoms with Crippen molar-refractivity contribution in [2.24, 2.45) is 11.3 Å². The molecule has 1 aliphatic carbocycles. The van der Waals surface area contributed by atoms with E-state index >= 15 is 0 Å². The Morgan fingerprint density at radius 2 is 1.71 bits per heavy atom. The van der Waals surface area contributed by atoms with Gasteiger partial charge in [-0.15, -0.1) is 0 Å². The Bertz CT molecular complexity index is 494. The van der Waals surface area contributed by atoms with Gasteiger partial charge in [0.25, 0.3) is 0 Å². The fourth-order valence-electron chi connectivity index (χ4n) is 3.19. The number of halogens is 3. The highest BCUT2D eigenvalue weighted by Crippen LogP contribution is 2.37. The lowest BCUT2D eigenvalue weighted by molar-refractivity contribution is 0.214. The van der Waals surface area contributed by atoms with Crippen LogP contribution in [0, 0.1) is 28.8 Å². The largest absolute Gasteiger partial charge is 0.380 e. The molecule has 0 amide bonds. The molecule has 0 spiro atoms. The van der Waals surface area contributed by atoms with Gasteiger partial charge in [0.05, 0.1) is 5.69 Å². The Morgan fingerprint density at radius 1 is 1.00 bits per heavy atom. The van der Waals surface area contributed by atoms with Gasteiger partial charge in [0.1, 0.15) is 5.82 Å². The van der Waals surface area contributed by atoms with Crippen molar-refractivity contribution in [1.82, 2.24) is 0 Å². The first kappa shape index (κ1) is 16.2. The standard InChI is InChI=1S/C17H24F3N/c1-17(2,3)11-5-4-6-13(8-7-11)21-15-10-12(18)9-14(19)16(15)20/h9-11,13,21H,4-8H2,1-3H3. The Hall–Kier alpha value is -1.19. The first-order chi connectivity index (χ1) is 9.77. The molecule has 2 rings (SSSR count). The predicted molar refractivity (Wildman–Crippen MR) is 79.8 cm³/mol. The van der Waals surface area contributed by atoms with Crippen molar-refractivity contribution in [2.75, 3.05) is 5.32 Å². The van der Waals surface area contributed by atoms with Gasteiger partial charge in [-0.25, -0.2) is 13.2 Å². The van der Waals surface area contributed by atoms with Crippen LogP contribution in [0.15, 0.2) is 12.1 Å². The molecule has 0 aromatic heterocycles. The molecular weight excluding hydrogens is 275 g/mol. The number of nitrogens with one attached hydrogen (secondary N) is 1. The topological polar surface area (TPSA) is 12.0 Å². The molecule has 0 heterocycles. The molecular formula is C17H24F3N. The van der Waals surface area contributed by atoms with Crippen LogP contribution >= 0.6 is 0 Å². The second kappa shape index (κ2) is 6.29. The summed E-state index contributed by atoms with van der Waals surface area (Å²) in [5.74, 6) is -2.25. The Kier molecular flexibility index (Phi) is 4.84. The zero-order valence-corrected chi connectivity index (χ0v) is 13.0. The van der Waals surface area contributed by atoms with Crippen LogP contribution in [-0.4, -0.2) is 6.04 Å². The second-order valence-electron chi connectivity index (χ2n) is 7.16. The summed E-state index contributed by atoms with van der Waals surface area (Å²) in [6.45, 7) is 6.73. The number of benzene rings is 1. The van der Waals surface area contributed by atoms with E-state index in [4.69, 9.17) is 0 Å². The van der Waals surface area contributed by atoms with E-state index in [9.17, 15) is 13.2 Å². The third-order valence-corrected chi connectivity index (χ3v) is 4.55. The van der Waals surface area contributed by atoms with Gasteiger partial charge in [-0.1, -0.05) is 27.2 Å². The fourth-order valence-corrected chi connectivity index (χ4v) is 3.19. The summed E-state index contributed by atoms with van der Waals surface area (Å²) in [5, 5.41) is 2.99. The van der Waals surface area contributed by atoms with E-state index < -0.39 is 17.5 Å². The van der Waals surface area contributed by atoms with Crippen molar-refractivity contribution in [3.05, 3.63) is 29.6 Å². The Morgan fingerprint density at radius 3 is 2.38 bits per heavy atom. The van der Waals surface area contributed by atoms with Crippen molar-refractivity contribution >= 4 is 5.69 Å². The number of hydrogen-bond donors (Lipinski definition) is 1. The van der Waals surface area contributed by atoms with Crippen molar-refractivity contribution in [2.45, 2.75) is 58.9 Å². The molecule has 21 heavy (non-hydrogen) atoms. The highest BCUT2D eigenvalue weighted by molar-refractivity contribution is 5.46. The van der Waals surface area contributed by atoms with Gasteiger partial charge in [-0.3, -0.25) is 0 Å². The van der Waals surface area contributed by atoms with Gasteiger partial charge in [-0.2, -0.15) is 0 Å². The highest BCUT2D eigenvalue weighted by Gasteiger charge is 2.28. The fraction of sp³-hybridized carbons (Fsp3) is 0.647. The van der Waals surface area contributed by atoms with Gasteiger partial charge in [0.2, 0.25) is 0 Å². The minimum atomic E-state index is -1.14. The summed E-state index contributed by atoms with van der Waals surface area (Å²) >= 11 is 0. The minimum absolute atomic E-state index is 0.0632. The molecule has 0 saturated heterocycles. The molecule has 1 aromatic rings. The molecule has 1 N–H and O–H groups in total. The lowest BCUT2D eigenvalue weighted by Gasteiger charge is -2.29. The maximum absolute atomic E-state index is 13.7. The Labute approximate surface area is 124 Å². The highest BCUT2D eigenvalue weighted by atomic mass is 19.2. The van der Waals surface area contributed by atoms with E-state index in [-0.39, 0.29) is 17.1 Å². The summed E-state index contributed by atoms with van der Waals surface area (Å²) in [5.41, 5.74) is 0.206. The van der Waals surface area contributed by atoms with Crippen LogP contribution < -0.4 is 5.32 Å². The number of hydrogen-bond acceptors (Lipinski definition) is 1. The van der Waals surface area contributed by atoms with Crippen molar-refractivity contribution in [1.29, 1.82) is 0 Å². The van der Waals surface area contributed by atoms with Crippen LogP contribution in [0.2, 0.25) is 0 Å². The maximum Gasteiger partial charge on any atom is 0.182 e.